The van der Waals surface area contributed by atoms with Gasteiger partial charge in [0.25, 0.3) is 0 Å². The average molecular weight is 1040 g/mol. The first-order valence-corrected chi connectivity index (χ1v) is 32.1. The van der Waals surface area contributed by atoms with Gasteiger partial charge in [-0.25, -0.2) is 4.57 Å². The van der Waals surface area contributed by atoms with Crippen LogP contribution in [0.2, 0.25) is 0 Å². The minimum atomic E-state index is -4.74. The van der Waals surface area contributed by atoms with E-state index in [4.69, 9.17) is 23.3 Å². The molecule has 0 bridgehead atoms. The van der Waals surface area contributed by atoms with Crippen molar-refractivity contribution in [3.8, 4) is 0 Å². The van der Waals surface area contributed by atoms with E-state index in [1.807, 2.05) is 0 Å². The van der Waals surface area contributed by atoms with Crippen molar-refractivity contribution in [2.75, 3.05) is 26.4 Å². The summed E-state index contributed by atoms with van der Waals surface area (Å²) in [6.45, 7) is 4.70. The number of rotatable bonds is 58. The number of phosphoric acid groups is 1. The Balaban J connectivity index is 4.67. The summed E-state index contributed by atoms with van der Waals surface area (Å²) in [4.78, 5) is 48.6. The van der Waals surface area contributed by atoms with Crippen molar-refractivity contribution in [1.29, 1.82) is 0 Å². The Labute approximate surface area is 443 Å². The lowest BCUT2D eigenvalue weighted by Crippen LogP contribution is -2.30. The van der Waals surface area contributed by atoms with Crippen LogP contribution in [0.4, 0.5) is 0 Å². The number of ether oxygens (including phenoxy) is 3. The minimum Gasteiger partial charge on any atom is -0.462 e. The molecule has 0 rings (SSSR count). The van der Waals surface area contributed by atoms with E-state index in [1.54, 1.807) is 0 Å². The molecular weight excluding hydrogens is 928 g/mol. The first kappa shape index (κ1) is 70.2. The fourth-order valence-electron chi connectivity index (χ4n) is 9.00. The van der Waals surface area contributed by atoms with Crippen molar-refractivity contribution < 1.29 is 52.2 Å². The lowest BCUT2D eigenvalue weighted by molar-refractivity contribution is -0.161. The Morgan fingerprint density at radius 3 is 0.958 bits per heavy atom. The third-order valence-corrected chi connectivity index (χ3v) is 14.6. The van der Waals surface area contributed by atoms with E-state index in [0.717, 1.165) is 64.2 Å². The molecule has 0 aromatic rings. The van der Waals surface area contributed by atoms with Crippen molar-refractivity contribution in [3.05, 3.63) is 12.2 Å². The maximum atomic E-state index is 12.9. The van der Waals surface area contributed by atoms with Gasteiger partial charge in [0.1, 0.15) is 12.7 Å². The number of aliphatic hydroxyl groups is 1. The fraction of sp³-hybridized carbons (Fsp3) is 0.917. The highest BCUT2D eigenvalue weighted by Gasteiger charge is 2.28. The molecule has 12 heteroatoms. The molecule has 2 N–H and O–H groups in total. The van der Waals surface area contributed by atoms with Crippen molar-refractivity contribution >= 4 is 25.7 Å². The number of allylic oxidation sites excluding steroid dienone is 2. The lowest BCUT2D eigenvalue weighted by Gasteiger charge is -2.21. The molecule has 11 nitrogen and oxygen atoms in total. The van der Waals surface area contributed by atoms with E-state index in [-0.39, 0.29) is 25.9 Å². The maximum absolute atomic E-state index is 12.9. The molecule has 0 radical (unpaired) electrons. The number of hydrogen-bond acceptors (Lipinski definition) is 10. The van der Waals surface area contributed by atoms with Gasteiger partial charge in [0, 0.05) is 19.3 Å². The van der Waals surface area contributed by atoms with Gasteiger partial charge < -0.3 is 24.2 Å². The summed E-state index contributed by atoms with van der Waals surface area (Å²) < 4.78 is 39.6. The van der Waals surface area contributed by atoms with Crippen LogP contribution >= 0.6 is 7.82 Å². The van der Waals surface area contributed by atoms with E-state index in [2.05, 4.69) is 32.9 Å². The summed E-state index contributed by atoms with van der Waals surface area (Å²) in [5.74, 6) is -1.44. The molecule has 0 heterocycles. The zero-order chi connectivity index (χ0) is 52.7. The van der Waals surface area contributed by atoms with Crippen molar-refractivity contribution in [2.24, 2.45) is 0 Å². The Kier molecular flexibility index (Phi) is 54.1. The maximum Gasteiger partial charge on any atom is 0.472 e. The molecule has 3 unspecified atom stereocenters. The molecular formula is C60H115O11P. The molecule has 426 valence electrons. The van der Waals surface area contributed by atoms with Crippen LogP contribution in [0, 0.1) is 0 Å². The minimum absolute atomic E-state index is 0.170. The van der Waals surface area contributed by atoms with E-state index in [1.165, 1.54) is 193 Å². The normalized spacial score (nSPS) is 13.3. The highest BCUT2D eigenvalue weighted by atomic mass is 31.2. The predicted octanol–water partition coefficient (Wildman–Crippen LogP) is 18.0. The van der Waals surface area contributed by atoms with E-state index >= 15 is 0 Å². The largest absolute Gasteiger partial charge is 0.472 e. The highest BCUT2D eigenvalue weighted by Crippen LogP contribution is 2.43. The highest BCUT2D eigenvalue weighted by molar-refractivity contribution is 7.47. The van der Waals surface area contributed by atoms with Crippen LogP contribution in [0.3, 0.4) is 0 Å². The van der Waals surface area contributed by atoms with Crippen molar-refractivity contribution in [3.63, 3.8) is 0 Å². The number of carbonyl (C=O) groups is 3. The Bertz CT molecular complexity index is 1260. The Morgan fingerprint density at radius 2 is 0.639 bits per heavy atom. The number of unbranched alkanes of at least 4 members (excludes halogenated alkanes) is 39. The topological polar surface area (TPSA) is 155 Å². The summed E-state index contributed by atoms with van der Waals surface area (Å²) in [5, 5.41) is 9.80. The number of aliphatic hydroxyl groups excluding tert-OH is 1. The van der Waals surface area contributed by atoms with Gasteiger partial charge in [-0.2, -0.15) is 0 Å². The smallest absolute Gasteiger partial charge is 0.462 e. The number of esters is 3. The summed E-state index contributed by atoms with van der Waals surface area (Å²) in [6, 6.07) is 0. The average Bonchev–Trinajstić information content (AvgIpc) is 3.37. The van der Waals surface area contributed by atoms with Gasteiger partial charge in [0.2, 0.25) is 0 Å². The van der Waals surface area contributed by atoms with Gasteiger partial charge in [-0.3, -0.25) is 23.4 Å². The zero-order valence-electron chi connectivity index (χ0n) is 47.2. The molecule has 0 spiro atoms. The molecule has 0 amide bonds. The first-order valence-electron chi connectivity index (χ1n) is 30.6. The molecule has 0 aliphatic heterocycles. The summed E-state index contributed by atoms with van der Waals surface area (Å²) in [6.07, 6.45) is 54.5. The van der Waals surface area contributed by atoms with Crippen LogP contribution in [-0.4, -0.2) is 66.5 Å². The molecule has 3 atom stereocenters. The number of carbonyl (C=O) groups excluding carboxylic acids is 3. The molecule has 0 fully saturated rings. The number of phosphoric ester groups is 1. The third-order valence-electron chi connectivity index (χ3n) is 13.7. The van der Waals surface area contributed by atoms with Crippen molar-refractivity contribution in [1.82, 2.24) is 0 Å². The molecule has 0 saturated carbocycles. The van der Waals surface area contributed by atoms with Gasteiger partial charge >= 0.3 is 25.7 Å². The monoisotopic (exact) mass is 1040 g/mol. The van der Waals surface area contributed by atoms with Gasteiger partial charge in [0.15, 0.2) is 6.10 Å². The van der Waals surface area contributed by atoms with E-state index in [0.29, 0.717) is 19.3 Å². The summed E-state index contributed by atoms with van der Waals surface area (Å²) in [7, 11) is -4.74. The summed E-state index contributed by atoms with van der Waals surface area (Å²) in [5.41, 5.74) is 0. The summed E-state index contributed by atoms with van der Waals surface area (Å²) >= 11 is 0. The standard InChI is InChI=1S/C60H115O11P/c1-4-7-10-13-16-19-22-24-26-28-30-32-35-37-40-43-46-49-58(62)67-53-57(71-60(64)51-48-45-42-39-36-33-31-29-27-25-23-20-17-14-11-8-5-2)55-69-72(65,66)68-54-56(52-61)70-59(63)50-47-44-41-38-34-21-18-15-12-9-6-3/h25,27,56-57,61H,4-24,26,28-55H2,1-3H3,(H,65,66)/b27-25-. The van der Waals surface area contributed by atoms with Gasteiger partial charge in [0.05, 0.1) is 19.8 Å². The molecule has 0 aliphatic rings. The van der Waals surface area contributed by atoms with Crippen LogP contribution in [0.25, 0.3) is 0 Å². The molecule has 72 heavy (non-hydrogen) atoms. The van der Waals surface area contributed by atoms with Crippen LogP contribution in [0.1, 0.15) is 316 Å². The van der Waals surface area contributed by atoms with Gasteiger partial charge in [-0.1, -0.05) is 264 Å². The SMILES string of the molecule is CCCCCCCC/C=C\CCCCCCCCCC(=O)OC(COC(=O)CCCCCCCCCCCCCCCCCCC)COP(=O)(O)OCC(CO)OC(=O)CCCCCCCCCCCCC. The molecule has 0 aromatic carbocycles. The van der Waals surface area contributed by atoms with Crippen LogP contribution in [-0.2, 0) is 42.2 Å². The van der Waals surface area contributed by atoms with Crippen LogP contribution in [0.5, 0.6) is 0 Å². The second kappa shape index (κ2) is 55.5. The molecule has 0 saturated heterocycles. The Hall–Kier alpha value is -1.78. The molecule has 0 aliphatic carbocycles. The second-order valence-corrected chi connectivity index (χ2v) is 22.3. The second-order valence-electron chi connectivity index (χ2n) is 20.9. The fourth-order valence-corrected chi connectivity index (χ4v) is 9.78. The predicted molar refractivity (Wildman–Crippen MR) is 298 cm³/mol. The third kappa shape index (κ3) is 53.1. The van der Waals surface area contributed by atoms with Gasteiger partial charge in [-0.15, -0.1) is 0 Å². The number of hydrogen-bond donors (Lipinski definition) is 2. The van der Waals surface area contributed by atoms with Crippen LogP contribution in [0.15, 0.2) is 12.2 Å². The molecule has 0 aromatic heterocycles. The zero-order valence-corrected chi connectivity index (χ0v) is 48.1. The van der Waals surface area contributed by atoms with E-state index < -0.39 is 57.8 Å². The van der Waals surface area contributed by atoms with Crippen molar-refractivity contribution in [2.45, 2.75) is 328 Å². The quantitative estimate of drug-likeness (QED) is 0.0197. The van der Waals surface area contributed by atoms with E-state index in [9.17, 15) is 28.9 Å². The van der Waals surface area contributed by atoms with Gasteiger partial charge in [-0.05, 0) is 44.9 Å². The first-order chi connectivity index (χ1) is 35.2. The Morgan fingerprint density at radius 1 is 0.375 bits per heavy atom. The van der Waals surface area contributed by atoms with Crippen LogP contribution < -0.4 is 0 Å². The lowest BCUT2D eigenvalue weighted by atomic mass is 10.0.